The molecule has 0 spiro atoms. The number of anilines is 4. The van der Waals surface area contributed by atoms with Crippen LogP contribution in [0.2, 0.25) is 0 Å². The SMILES string of the molecule is c1ccc2c(Nc3ccnc(Oc4nccc(Nc5cccc6ccccc56)n4)n3)cccc2c1. The molecule has 0 saturated carbocycles. The first-order valence-electron chi connectivity index (χ1n) is 11.2. The highest BCUT2D eigenvalue weighted by Crippen LogP contribution is 2.28. The largest absolute Gasteiger partial charge is 0.388 e. The molecule has 0 unspecified atom stereocenters. The van der Waals surface area contributed by atoms with Crippen LogP contribution in [0.1, 0.15) is 0 Å². The Balaban J connectivity index is 1.22. The molecular weight excluding hydrogens is 436 g/mol. The molecule has 7 nitrogen and oxygen atoms in total. The topological polar surface area (TPSA) is 84.9 Å². The van der Waals surface area contributed by atoms with Gasteiger partial charge >= 0.3 is 12.0 Å². The number of nitrogens with one attached hydrogen (secondary N) is 2. The zero-order valence-electron chi connectivity index (χ0n) is 18.6. The van der Waals surface area contributed by atoms with E-state index < -0.39 is 0 Å². The Hall–Kier alpha value is -5.04. The molecule has 6 aromatic rings. The van der Waals surface area contributed by atoms with Crippen LogP contribution in [-0.4, -0.2) is 19.9 Å². The Morgan fingerprint density at radius 3 is 1.46 bits per heavy atom. The summed E-state index contributed by atoms with van der Waals surface area (Å²) in [6.07, 6.45) is 3.27. The molecule has 0 aliphatic rings. The lowest BCUT2D eigenvalue weighted by Crippen LogP contribution is -2.01. The van der Waals surface area contributed by atoms with E-state index in [-0.39, 0.29) is 12.0 Å². The van der Waals surface area contributed by atoms with E-state index in [1.54, 1.807) is 24.5 Å². The summed E-state index contributed by atoms with van der Waals surface area (Å²) in [5, 5.41) is 11.2. The van der Waals surface area contributed by atoms with Gasteiger partial charge in [-0.2, -0.15) is 9.97 Å². The number of aromatic nitrogens is 4. The second-order valence-corrected chi connectivity index (χ2v) is 7.85. The van der Waals surface area contributed by atoms with Crippen LogP contribution in [0.25, 0.3) is 21.5 Å². The van der Waals surface area contributed by atoms with Gasteiger partial charge in [0.25, 0.3) is 0 Å². The van der Waals surface area contributed by atoms with E-state index in [9.17, 15) is 0 Å². The molecule has 4 aromatic carbocycles. The summed E-state index contributed by atoms with van der Waals surface area (Å²) in [6.45, 7) is 0. The third-order valence-corrected chi connectivity index (χ3v) is 5.55. The van der Waals surface area contributed by atoms with Crippen LogP contribution in [0.4, 0.5) is 23.0 Å². The number of nitrogens with zero attached hydrogens (tertiary/aromatic N) is 4. The fraction of sp³-hybridized carbons (Fsp3) is 0. The second-order valence-electron chi connectivity index (χ2n) is 7.85. The van der Waals surface area contributed by atoms with E-state index in [1.807, 2.05) is 48.5 Å². The van der Waals surface area contributed by atoms with Crippen LogP contribution in [0.15, 0.2) is 109 Å². The molecule has 0 aliphatic carbocycles. The predicted octanol–water partition coefficient (Wildman–Crippen LogP) is 6.85. The molecule has 0 saturated heterocycles. The van der Waals surface area contributed by atoms with E-state index in [4.69, 9.17) is 4.74 Å². The van der Waals surface area contributed by atoms with Crippen LogP contribution < -0.4 is 15.4 Å². The molecule has 35 heavy (non-hydrogen) atoms. The molecule has 0 aliphatic heterocycles. The van der Waals surface area contributed by atoms with Crippen molar-refractivity contribution in [2.45, 2.75) is 0 Å². The average Bonchev–Trinajstić information content (AvgIpc) is 2.90. The number of benzene rings is 4. The predicted molar refractivity (Wildman–Crippen MR) is 139 cm³/mol. The molecule has 2 N–H and O–H groups in total. The molecular formula is C28H20N6O. The molecule has 168 valence electrons. The quantitative estimate of drug-likeness (QED) is 0.283. The Kier molecular flexibility index (Phi) is 5.33. The van der Waals surface area contributed by atoms with E-state index in [1.165, 1.54) is 0 Å². The third kappa shape index (κ3) is 4.43. The van der Waals surface area contributed by atoms with Gasteiger partial charge in [0.2, 0.25) is 0 Å². The van der Waals surface area contributed by atoms with Gasteiger partial charge < -0.3 is 15.4 Å². The second kappa shape index (κ2) is 9.07. The summed E-state index contributed by atoms with van der Waals surface area (Å²) < 4.78 is 5.79. The number of hydrogen-bond acceptors (Lipinski definition) is 7. The van der Waals surface area contributed by atoms with E-state index in [0.29, 0.717) is 11.6 Å². The molecule has 2 heterocycles. The maximum atomic E-state index is 5.79. The molecule has 0 fully saturated rings. The molecule has 0 radical (unpaired) electrons. The van der Waals surface area contributed by atoms with Gasteiger partial charge in [-0.1, -0.05) is 72.8 Å². The first-order chi connectivity index (χ1) is 17.3. The summed E-state index contributed by atoms with van der Waals surface area (Å²) in [4.78, 5) is 17.4. The Labute approximate surface area is 201 Å². The van der Waals surface area contributed by atoms with Crippen LogP contribution in [0, 0.1) is 0 Å². The van der Waals surface area contributed by atoms with Crippen LogP contribution in [-0.2, 0) is 0 Å². The van der Waals surface area contributed by atoms with Crippen molar-refractivity contribution in [1.82, 2.24) is 19.9 Å². The minimum absolute atomic E-state index is 0.151. The van der Waals surface area contributed by atoms with E-state index in [0.717, 1.165) is 32.9 Å². The summed E-state index contributed by atoms with van der Waals surface area (Å²) in [5.41, 5.74) is 1.90. The summed E-state index contributed by atoms with van der Waals surface area (Å²) in [7, 11) is 0. The molecule has 0 atom stereocenters. The normalized spacial score (nSPS) is 10.9. The van der Waals surface area contributed by atoms with Crippen LogP contribution >= 0.6 is 0 Å². The maximum absolute atomic E-state index is 5.79. The smallest absolute Gasteiger partial charge is 0.326 e. The summed E-state index contributed by atoms with van der Waals surface area (Å²) in [6, 6.07) is 32.4. The first-order valence-corrected chi connectivity index (χ1v) is 11.2. The van der Waals surface area contributed by atoms with Crippen molar-refractivity contribution < 1.29 is 4.74 Å². The van der Waals surface area contributed by atoms with Gasteiger partial charge in [0, 0.05) is 34.5 Å². The fourth-order valence-electron chi connectivity index (χ4n) is 3.95. The molecule has 6 rings (SSSR count). The van der Waals surface area contributed by atoms with Crippen LogP contribution in [0.3, 0.4) is 0 Å². The Bertz CT molecular complexity index is 1520. The van der Waals surface area contributed by atoms with Gasteiger partial charge in [0.1, 0.15) is 11.6 Å². The summed E-state index contributed by atoms with van der Waals surface area (Å²) in [5.74, 6) is 1.22. The van der Waals surface area contributed by atoms with Crippen molar-refractivity contribution in [3.63, 3.8) is 0 Å². The first kappa shape index (κ1) is 20.6. The van der Waals surface area contributed by atoms with Crippen LogP contribution in [0.5, 0.6) is 12.0 Å². The highest BCUT2D eigenvalue weighted by atomic mass is 16.5. The van der Waals surface area contributed by atoms with Crippen molar-refractivity contribution >= 4 is 44.6 Å². The van der Waals surface area contributed by atoms with Crippen molar-refractivity contribution in [3.05, 3.63) is 109 Å². The zero-order chi connectivity index (χ0) is 23.5. The van der Waals surface area contributed by atoms with Crippen molar-refractivity contribution in [2.24, 2.45) is 0 Å². The number of ether oxygens (including phenoxy) is 1. The standard InChI is InChI=1S/C28H20N6O/c1-3-11-21-19(7-1)9-5-13-23(21)31-25-15-17-29-27(33-25)35-28-30-18-16-26(34-28)32-24-14-6-10-20-8-2-4-12-22(20)24/h1-18H,(H,29,31,33)(H,30,32,34). The maximum Gasteiger partial charge on any atom is 0.326 e. The monoisotopic (exact) mass is 456 g/mol. The lowest BCUT2D eigenvalue weighted by molar-refractivity contribution is 0.408. The number of hydrogen-bond donors (Lipinski definition) is 2. The van der Waals surface area contributed by atoms with Crippen molar-refractivity contribution in [3.8, 4) is 12.0 Å². The molecule has 0 amide bonds. The third-order valence-electron chi connectivity index (χ3n) is 5.55. The van der Waals surface area contributed by atoms with Gasteiger partial charge in [0.15, 0.2) is 0 Å². The average molecular weight is 457 g/mol. The number of fused-ring (bicyclic) bond motifs is 2. The van der Waals surface area contributed by atoms with Gasteiger partial charge in [-0.3, -0.25) is 0 Å². The summed E-state index contributed by atoms with van der Waals surface area (Å²) >= 11 is 0. The minimum Gasteiger partial charge on any atom is -0.388 e. The minimum atomic E-state index is 0.151. The fourth-order valence-corrected chi connectivity index (χ4v) is 3.95. The van der Waals surface area contributed by atoms with Crippen molar-refractivity contribution in [1.29, 1.82) is 0 Å². The highest BCUT2D eigenvalue weighted by Gasteiger charge is 2.09. The molecule has 7 heteroatoms. The molecule has 2 aromatic heterocycles. The lowest BCUT2D eigenvalue weighted by atomic mass is 10.1. The Morgan fingerprint density at radius 2 is 0.943 bits per heavy atom. The van der Waals surface area contributed by atoms with E-state index >= 15 is 0 Å². The zero-order valence-corrected chi connectivity index (χ0v) is 18.6. The van der Waals surface area contributed by atoms with Crippen molar-refractivity contribution in [2.75, 3.05) is 10.6 Å². The van der Waals surface area contributed by atoms with Gasteiger partial charge in [-0.25, -0.2) is 9.97 Å². The van der Waals surface area contributed by atoms with Gasteiger partial charge in [0.05, 0.1) is 0 Å². The van der Waals surface area contributed by atoms with Gasteiger partial charge in [-0.05, 0) is 35.0 Å². The highest BCUT2D eigenvalue weighted by molar-refractivity contribution is 5.96. The lowest BCUT2D eigenvalue weighted by Gasteiger charge is -2.11. The van der Waals surface area contributed by atoms with Gasteiger partial charge in [-0.15, -0.1) is 0 Å². The Morgan fingerprint density at radius 1 is 0.486 bits per heavy atom. The molecule has 0 bridgehead atoms. The number of rotatable bonds is 6. The van der Waals surface area contributed by atoms with E-state index in [2.05, 4.69) is 67.0 Å².